The van der Waals surface area contributed by atoms with Gasteiger partial charge in [0.25, 0.3) is 0 Å². The molecule has 4 aliphatic rings. The van der Waals surface area contributed by atoms with Crippen LogP contribution < -0.4 is 5.32 Å². The van der Waals surface area contributed by atoms with Crippen LogP contribution in [0.25, 0.3) is 0 Å². The molecule has 3 fully saturated rings. The molecule has 0 aromatic rings. The maximum absolute atomic E-state index is 4.49. The van der Waals surface area contributed by atoms with Crippen molar-refractivity contribution >= 4 is 0 Å². The van der Waals surface area contributed by atoms with Gasteiger partial charge in [0.2, 0.25) is 0 Å². The van der Waals surface area contributed by atoms with E-state index in [1.807, 2.05) is 0 Å². The Labute approximate surface area is 166 Å². The van der Waals surface area contributed by atoms with Crippen molar-refractivity contribution in [2.75, 3.05) is 0 Å². The summed E-state index contributed by atoms with van der Waals surface area (Å²) < 4.78 is 0. The van der Waals surface area contributed by atoms with Crippen LogP contribution in [0.15, 0.2) is 59.4 Å². The lowest BCUT2D eigenvalue weighted by Gasteiger charge is -2.55. The Morgan fingerprint density at radius 1 is 1.22 bits per heavy atom. The Hall–Kier alpha value is -1.50. The summed E-state index contributed by atoms with van der Waals surface area (Å²) in [5.74, 6) is 2.84. The second-order valence-corrected chi connectivity index (χ2v) is 9.65. The Bertz CT molecular complexity index is 733. The highest BCUT2D eigenvalue weighted by Crippen LogP contribution is 2.55. The third kappa shape index (κ3) is 3.18. The fourth-order valence-electron chi connectivity index (χ4n) is 6.39. The molecule has 27 heavy (non-hydrogen) atoms. The fraction of sp³-hybridized carbons (Fsp3) is 0.615. The smallest absolute Gasteiger partial charge is 0.0410 e. The van der Waals surface area contributed by atoms with Crippen molar-refractivity contribution < 1.29 is 0 Å². The highest BCUT2D eigenvalue weighted by Gasteiger charge is 2.52. The van der Waals surface area contributed by atoms with Crippen LogP contribution in [0.5, 0.6) is 0 Å². The molecule has 3 aliphatic carbocycles. The van der Waals surface area contributed by atoms with Crippen molar-refractivity contribution in [2.24, 2.45) is 23.7 Å². The van der Waals surface area contributed by atoms with E-state index in [1.54, 1.807) is 5.57 Å². The van der Waals surface area contributed by atoms with Gasteiger partial charge in [-0.2, -0.15) is 0 Å². The molecular weight excluding hydrogens is 326 g/mol. The third-order valence-electron chi connectivity index (χ3n) is 8.09. The van der Waals surface area contributed by atoms with E-state index in [1.165, 1.54) is 48.1 Å². The summed E-state index contributed by atoms with van der Waals surface area (Å²) in [6.07, 6.45) is 17.2. The van der Waals surface area contributed by atoms with E-state index in [0.717, 1.165) is 31.6 Å². The van der Waals surface area contributed by atoms with Gasteiger partial charge in [-0.15, -0.1) is 0 Å². The van der Waals surface area contributed by atoms with Crippen LogP contribution in [0.2, 0.25) is 0 Å². The average Bonchev–Trinajstić information content (AvgIpc) is 2.77. The number of fused-ring (bicyclic) bond motifs is 4. The van der Waals surface area contributed by atoms with Crippen LogP contribution in [0.1, 0.15) is 72.1 Å². The first-order valence-corrected chi connectivity index (χ1v) is 11.2. The maximum Gasteiger partial charge on any atom is 0.0410 e. The topological polar surface area (TPSA) is 12.0 Å². The molecule has 0 aromatic carbocycles. The minimum absolute atomic E-state index is 0.178. The normalized spacial score (nSPS) is 40.0. The molecule has 0 amide bonds. The number of rotatable bonds is 2. The predicted molar refractivity (Wildman–Crippen MR) is 116 cm³/mol. The van der Waals surface area contributed by atoms with Gasteiger partial charge >= 0.3 is 0 Å². The third-order valence-corrected chi connectivity index (χ3v) is 8.09. The van der Waals surface area contributed by atoms with Gasteiger partial charge in [0.15, 0.2) is 0 Å². The summed E-state index contributed by atoms with van der Waals surface area (Å²) in [6.45, 7) is 16.0. The summed E-state index contributed by atoms with van der Waals surface area (Å²) in [6, 6.07) is 0. The lowest BCUT2D eigenvalue weighted by atomic mass is 9.54. The molecule has 1 aliphatic heterocycles. The van der Waals surface area contributed by atoms with Gasteiger partial charge in [0.1, 0.15) is 0 Å². The van der Waals surface area contributed by atoms with E-state index in [2.05, 4.69) is 57.5 Å². The number of allylic oxidation sites excluding steroid dienone is 6. The first-order chi connectivity index (χ1) is 12.9. The van der Waals surface area contributed by atoms with Crippen molar-refractivity contribution in [3.8, 4) is 0 Å². The molecule has 0 spiro atoms. The van der Waals surface area contributed by atoms with Crippen molar-refractivity contribution in [3.05, 3.63) is 59.4 Å². The van der Waals surface area contributed by atoms with Gasteiger partial charge in [-0.3, -0.25) is 0 Å². The van der Waals surface area contributed by atoms with Gasteiger partial charge in [0, 0.05) is 11.2 Å². The Morgan fingerprint density at radius 3 is 2.78 bits per heavy atom. The van der Waals surface area contributed by atoms with Gasteiger partial charge in [0.05, 0.1) is 0 Å². The zero-order valence-corrected chi connectivity index (χ0v) is 17.6. The van der Waals surface area contributed by atoms with E-state index < -0.39 is 0 Å². The lowest BCUT2D eigenvalue weighted by Crippen LogP contribution is -2.59. The molecule has 1 N–H and O–H groups in total. The van der Waals surface area contributed by atoms with E-state index >= 15 is 0 Å². The molecule has 4 rings (SSSR count). The van der Waals surface area contributed by atoms with Gasteiger partial charge in [-0.1, -0.05) is 56.4 Å². The quantitative estimate of drug-likeness (QED) is 0.565. The molecule has 5 unspecified atom stereocenters. The van der Waals surface area contributed by atoms with Crippen LogP contribution in [0, 0.1) is 23.7 Å². The predicted octanol–water partition coefficient (Wildman–Crippen LogP) is 6.86. The second-order valence-electron chi connectivity index (χ2n) is 9.65. The Morgan fingerprint density at radius 2 is 2.00 bits per heavy atom. The number of nitrogens with one attached hydrogen (secondary N) is 1. The van der Waals surface area contributed by atoms with Crippen LogP contribution in [-0.2, 0) is 0 Å². The highest BCUT2D eigenvalue weighted by atomic mass is 15.0. The fourth-order valence-corrected chi connectivity index (χ4v) is 6.39. The lowest BCUT2D eigenvalue weighted by molar-refractivity contribution is 0.0377. The van der Waals surface area contributed by atoms with Crippen LogP contribution in [-0.4, -0.2) is 5.54 Å². The molecule has 0 radical (unpaired) electrons. The van der Waals surface area contributed by atoms with Gasteiger partial charge in [-0.05, 0) is 93.1 Å². The van der Waals surface area contributed by atoms with Crippen molar-refractivity contribution in [3.63, 3.8) is 0 Å². The number of hydrogen-bond acceptors (Lipinski definition) is 1. The van der Waals surface area contributed by atoms with E-state index in [4.69, 9.17) is 0 Å². The SMILES string of the molecule is C=C(/C=C1\C(C)CCC2C1CCC1CC(=C)C3=CCCC=C3NC12C)CC. The van der Waals surface area contributed by atoms with Crippen LogP contribution >= 0.6 is 0 Å². The summed E-state index contributed by atoms with van der Waals surface area (Å²) in [4.78, 5) is 0. The molecule has 1 heterocycles. The molecule has 2 saturated carbocycles. The average molecular weight is 364 g/mol. The first kappa shape index (κ1) is 18.8. The standard InChI is InChI=1S/C26H37N/c1-6-17(2)15-23-18(3)11-14-24-22(23)13-12-20-16-19(4)21-9-7-8-10-25(21)27-26(20,24)5/h9-10,15,18,20,22,24,27H,2,4,6-8,11-14,16H2,1,3,5H3/b23-15+. The first-order valence-electron chi connectivity index (χ1n) is 11.2. The maximum atomic E-state index is 4.49. The largest absolute Gasteiger partial charge is 0.379 e. The molecule has 0 bridgehead atoms. The zero-order chi connectivity index (χ0) is 19.2. The molecule has 1 saturated heterocycles. The zero-order valence-electron chi connectivity index (χ0n) is 17.6. The summed E-state index contributed by atoms with van der Waals surface area (Å²) in [5, 5.41) is 4.11. The molecule has 1 nitrogen and oxygen atoms in total. The van der Waals surface area contributed by atoms with E-state index in [-0.39, 0.29) is 5.54 Å². The Kier molecular flexibility index (Phi) is 4.99. The number of hydrogen-bond donors (Lipinski definition) is 1. The second kappa shape index (κ2) is 7.15. The van der Waals surface area contributed by atoms with Crippen LogP contribution in [0.4, 0.5) is 0 Å². The molecule has 146 valence electrons. The molecular formula is C26H37N. The summed E-state index contributed by atoms with van der Waals surface area (Å²) in [7, 11) is 0. The van der Waals surface area contributed by atoms with Gasteiger partial charge < -0.3 is 5.32 Å². The van der Waals surface area contributed by atoms with E-state index in [0.29, 0.717) is 17.8 Å². The van der Waals surface area contributed by atoms with Crippen molar-refractivity contribution in [1.29, 1.82) is 0 Å². The summed E-state index contributed by atoms with van der Waals surface area (Å²) >= 11 is 0. The molecule has 5 atom stereocenters. The van der Waals surface area contributed by atoms with E-state index in [9.17, 15) is 0 Å². The highest BCUT2D eigenvalue weighted by molar-refractivity contribution is 5.49. The minimum atomic E-state index is 0.178. The molecule has 1 heteroatoms. The minimum Gasteiger partial charge on any atom is -0.379 e. The monoisotopic (exact) mass is 363 g/mol. The molecule has 0 aromatic heterocycles. The van der Waals surface area contributed by atoms with Crippen LogP contribution in [0.3, 0.4) is 0 Å². The van der Waals surface area contributed by atoms with Gasteiger partial charge in [-0.25, -0.2) is 0 Å². The summed E-state index contributed by atoms with van der Waals surface area (Å²) in [5.41, 5.74) is 7.31. The van der Waals surface area contributed by atoms with Crippen molar-refractivity contribution in [2.45, 2.75) is 77.7 Å². The van der Waals surface area contributed by atoms with Crippen molar-refractivity contribution in [1.82, 2.24) is 5.32 Å². The Balaban J connectivity index is 1.71.